The molecule has 5 atom stereocenters. The summed E-state index contributed by atoms with van der Waals surface area (Å²) >= 11 is 0. The SMILES string of the molecule is CC(=O)OC[C@H]1O[C@@H](O/N=[N+](\[O-])N(C)C(C)C)[C@H](OC(C)=O)[C@@H](OC(C)=O)[C@@H]1OC(C)=O. The normalized spacial score (nSPS) is 25.5. The van der Waals surface area contributed by atoms with Gasteiger partial charge >= 0.3 is 23.9 Å². The minimum absolute atomic E-state index is 0.138. The van der Waals surface area contributed by atoms with Crippen LogP contribution in [-0.4, -0.2) is 84.3 Å². The molecule has 0 amide bonds. The van der Waals surface area contributed by atoms with Crippen LogP contribution >= 0.6 is 0 Å². The van der Waals surface area contributed by atoms with Gasteiger partial charge in [0.15, 0.2) is 12.2 Å². The molecule has 0 spiro atoms. The minimum atomic E-state index is -1.58. The van der Waals surface area contributed by atoms with E-state index in [4.69, 9.17) is 28.5 Å². The van der Waals surface area contributed by atoms with Gasteiger partial charge in [0, 0.05) is 27.7 Å². The number of carbonyl (C=O) groups is 4. The molecular weight excluding hydrogens is 434 g/mol. The molecule has 1 aliphatic rings. The first-order chi connectivity index (χ1) is 14.8. The van der Waals surface area contributed by atoms with Crippen molar-refractivity contribution in [2.24, 2.45) is 5.28 Å². The van der Waals surface area contributed by atoms with E-state index in [0.29, 0.717) is 0 Å². The number of hydrogen-bond acceptors (Lipinski definition) is 12. The number of carbonyl (C=O) groups excluding carboxylic acids is 4. The molecule has 0 aromatic rings. The summed E-state index contributed by atoms with van der Waals surface area (Å²) in [5, 5.41) is 16.7. The van der Waals surface area contributed by atoms with Crippen LogP contribution in [0.3, 0.4) is 0 Å². The van der Waals surface area contributed by atoms with Gasteiger partial charge in [-0.2, -0.15) is 0 Å². The van der Waals surface area contributed by atoms with Gasteiger partial charge in [0.2, 0.25) is 11.4 Å². The molecule has 0 bridgehead atoms. The van der Waals surface area contributed by atoms with E-state index in [-0.39, 0.29) is 11.0 Å². The van der Waals surface area contributed by atoms with Gasteiger partial charge in [0.25, 0.3) is 6.29 Å². The van der Waals surface area contributed by atoms with Crippen molar-refractivity contribution >= 4 is 23.9 Å². The summed E-state index contributed by atoms with van der Waals surface area (Å²) < 4.78 is 26.2. The number of rotatable bonds is 9. The van der Waals surface area contributed by atoms with Crippen molar-refractivity contribution in [2.45, 2.75) is 78.3 Å². The molecule has 1 fully saturated rings. The fraction of sp³-hybridized carbons (Fsp3) is 0.778. The van der Waals surface area contributed by atoms with Gasteiger partial charge < -0.3 is 33.7 Å². The molecule has 0 unspecified atom stereocenters. The van der Waals surface area contributed by atoms with Crippen LogP contribution < -0.4 is 0 Å². The van der Waals surface area contributed by atoms with Crippen LogP contribution in [0.5, 0.6) is 0 Å². The Morgan fingerprint density at radius 3 is 1.91 bits per heavy atom. The maximum atomic E-state index is 12.1. The number of hydrazine groups is 1. The standard InChI is InChI=1S/C18H29N3O11/c1-9(2)20(7)21(26)19-32-18-17(30-13(6)25)16(29-12(5)24)15(28-11(4)23)14(31-18)8-27-10(3)22/h9,14-18H,8H2,1-7H3/b21-19-/t14-,15-,16+,17-,18+/m1/s1. The highest BCUT2D eigenvalue weighted by atomic mass is 16.8. The molecule has 1 aliphatic heterocycles. The Kier molecular flexibility index (Phi) is 10.1. The third-order valence-corrected chi connectivity index (χ3v) is 4.19. The topological polar surface area (TPSA) is 165 Å². The molecule has 182 valence electrons. The van der Waals surface area contributed by atoms with Gasteiger partial charge in [-0.1, -0.05) is 0 Å². The van der Waals surface area contributed by atoms with Crippen LogP contribution in [0.15, 0.2) is 5.28 Å². The third kappa shape index (κ3) is 8.17. The van der Waals surface area contributed by atoms with Crippen molar-refractivity contribution in [2.75, 3.05) is 13.7 Å². The fourth-order valence-corrected chi connectivity index (χ4v) is 2.62. The highest BCUT2D eigenvalue weighted by molar-refractivity contribution is 5.68. The largest absolute Gasteiger partial charge is 0.569 e. The second-order valence-electron chi connectivity index (χ2n) is 7.17. The average Bonchev–Trinajstić information content (AvgIpc) is 2.66. The van der Waals surface area contributed by atoms with Crippen LogP contribution in [-0.2, 0) is 47.7 Å². The zero-order valence-electron chi connectivity index (χ0n) is 19.0. The predicted octanol–water partition coefficient (Wildman–Crippen LogP) is 0.219. The molecule has 14 heteroatoms. The summed E-state index contributed by atoms with van der Waals surface area (Å²) in [6.45, 7) is 7.45. The molecule has 1 saturated heterocycles. The highest BCUT2D eigenvalue weighted by Gasteiger charge is 2.54. The Morgan fingerprint density at radius 1 is 0.938 bits per heavy atom. The highest BCUT2D eigenvalue weighted by Crippen LogP contribution is 2.30. The zero-order valence-corrected chi connectivity index (χ0v) is 19.0. The quantitative estimate of drug-likeness (QED) is 0.150. The molecule has 0 aromatic heterocycles. The minimum Gasteiger partial charge on any atom is -0.569 e. The van der Waals surface area contributed by atoms with E-state index in [1.807, 2.05) is 0 Å². The Morgan fingerprint density at radius 2 is 1.44 bits per heavy atom. The Balaban J connectivity index is 3.35. The second kappa shape index (κ2) is 12.0. The third-order valence-electron chi connectivity index (χ3n) is 4.19. The van der Waals surface area contributed by atoms with E-state index in [1.165, 1.54) is 12.1 Å². The number of esters is 4. The van der Waals surface area contributed by atoms with E-state index in [1.54, 1.807) is 13.8 Å². The maximum absolute atomic E-state index is 12.1. The Bertz CT molecular complexity index is 727. The average molecular weight is 463 g/mol. The predicted molar refractivity (Wildman–Crippen MR) is 102 cm³/mol. The summed E-state index contributed by atoms with van der Waals surface area (Å²) in [6, 6.07) is -0.227. The van der Waals surface area contributed by atoms with E-state index in [0.717, 1.165) is 27.7 Å². The lowest BCUT2D eigenvalue weighted by atomic mass is 9.98. The molecule has 0 saturated carbocycles. The van der Waals surface area contributed by atoms with Crippen LogP contribution in [0.2, 0.25) is 0 Å². The van der Waals surface area contributed by atoms with E-state index < -0.39 is 61.2 Å². The Hall–Kier alpha value is -3.16. The fourth-order valence-electron chi connectivity index (χ4n) is 2.62. The van der Waals surface area contributed by atoms with Gasteiger partial charge in [0.05, 0.1) is 18.1 Å². The van der Waals surface area contributed by atoms with Gasteiger partial charge in [-0.25, -0.2) is 0 Å². The first-order valence-electron chi connectivity index (χ1n) is 9.70. The molecule has 14 nitrogen and oxygen atoms in total. The van der Waals surface area contributed by atoms with Crippen molar-refractivity contribution in [1.82, 2.24) is 5.01 Å². The summed E-state index contributed by atoms with van der Waals surface area (Å²) in [6.07, 6.45) is -7.01. The van der Waals surface area contributed by atoms with Gasteiger partial charge in [-0.3, -0.25) is 19.2 Å². The summed E-state index contributed by atoms with van der Waals surface area (Å²) in [7, 11) is 1.46. The van der Waals surface area contributed by atoms with Crippen molar-refractivity contribution in [3.05, 3.63) is 5.21 Å². The molecule has 0 N–H and O–H groups in total. The maximum Gasteiger partial charge on any atom is 0.303 e. The van der Waals surface area contributed by atoms with Crippen LogP contribution in [0.1, 0.15) is 41.5 Å². The lowest BCUT2D eigenvalue weighted by molar-refractivity contribution is -0.714. The molecule has 1 heterocycles. The molecule has 0 aliphatic carbocycles. The summed E-state index contributed by atoms with van der Waals surface area (Å²) in [4.78, 5) is 51.6. The molecular formula is C18H29N3O11. The molecule has 0 radical (unpaired) electrons. The lowest BCUT2D eigenvalue weighted by Crippen LogP contribution is -2.62. The van der Waals surface area contributed by atoms with E-state index >= 15 is 0 Å². The molecule has 1 rings (SSSR count). The van der Waals surface area contributed by atoms with Crippen LogP contribution in [0.4, 0.5) is 0 Å². The molecule has 32 heavy (non-hydrogen) atoms. The lowest BCUT2D eigenvalue weighted by Gasteiger charge is -2.42. The van der Waals surface area contributed by atoms with Crippen molar-refractivity contribution in [3.63, 3.8) is 0 Å². The van der Waals surface area contributed by atoms with Crippen LogP contribution in [0.25, 0.3) is 0 Å². The number of nitrogens with zero attached hydrogens (tertiary/aromatic N) is 3. The first-order valence-corrected chi connectivity index (χ1v) is 9.70. The summed E-state index contributed by atoms with van der Waals surface area (Å²) in [5.74, 6) is -3.02. The van der Waals surface area contributed by atoms with E-state index in [9.17, 15) is 24.4 Å². The summed E-state index contributed by atoms with van der Waals surface area (Å²) in [5.41, 5.74) is 0. The van der Waals surface area contributed by atoms with Crippen molar-refractivity contribution in [3.8, 4) is 0 Å². The monoisotopic (exact) mass is 463 g/mol. The smallest absolute Gasteiger partial charge is 0.303 e. The first kappa shape index (κ1) is 26.9. The van der Waals surface area contributed by atoms with Crippen molar-refractivity contribution in [1.29, 1.82) is 0 Å². The Labute approximate surface area is 184 Å². The number of hydrogen-bond donors (Lipinski definition) is 0. The number of ether oxygens (including phenoxy) is 5. The van der Waals surface area contributed by atoms with Gasteiger partial charge in [-0.05, 0) is 13.8 Å². The van der Waals surface area contributed by atoms with Gasteiger partial charge in [-0.15, -0.1) is 5.01 Å². The zero-order chi connectivity index (χ0) is 24.6. The van der Waals surface area contributed by atoms with Gasteiger partial charge in [0.1, 0.15) is 12.7 Å². The molecule has 0 aromatic carbocycles. The van der Waals surface area contributed by atoms with Crippen LogP contribution in [0, 0.1) is 5.21 Å². The van der Waals surface area contributed by atoms with Crippen molar-refractivity contribution < 1.29 is 52.7 Å². The second-order valence-corrected chi connectivity index (χ2v) is 7.17. The van der Waals surface area contributed by atoms with E-state index in [2.05, 4.69) is 5.28 Å².